The summed E-state index contributed by atoms with van der Waals surface area (Å²) in [6.07, 6.45) is 3.50. The second-order valence-corrected chi connectivity index (χ2v) is 21.0. The topological polar surface area (TPSA) is 106 Å². The molecule has 2 N–H and O–H groups in total. The summed E-state index contributed by atoms with van der Waals surface area (Å²) in [5.41, 5.74) is 16.7. The summed E-state index contributed by atoms with van der Waals surface area (Å²) in [7, 11) is 0. The maximum absolute atomic E-state index is 11.2. The van der Waals surface area contributed by atoms with Crippen LogP contribution in [0.25, 0.3) is 22.3 Å². The first kappa shape index (κ1) is 48.3. The second kappa shape index (κ2) is 20.7. The van der Waals surface area contributed by atoms with E-state index in [1.807, 2.05) is 47.8 Å². The van der Waals surface area contributed by atoms with Crippen molar-refractivity contribution in [1.82, 2.24) is 0 Å². The van der Waals surface area contributed by atoms with Gasteiger partial charge in [0.2, 0.25) is 0 Å². The van der Waals surface area contributed by atoms with Crippen LogP contribution in [0.2, 0.25) is 0 Å². The molecule has 8 aromatic carbocycles. The van der Waals surface area contributed by atoms with E-state index in [0.717, 1.165) is 55.9 Å². The van der Waals surface area contributed by atoms with Crippen molar-refractivity contribution in [1.29, 1.82) is 0 Å². The van der Waals surface area contributed by atoms with E-state index in [0.29, 0.717) is 24.2 Å². The van der Waals surface area contributed by atoms with Gasteiger partial charge in [0.25, 0.3) is 0 Å². The number of hydrogen-bond acceptors (Lipinski definition) is 10. The zero-order chi connectivity index (χ0) is 49.1. The number of nitrogens with zero attached hydrogens (tertiary/aromatic N) is 4. The van der Waals surface area contributed by atoms with E-state index in [1.165, 1.54) is 42.3 Å². The Morgan fingerprint density at radius 2 is 0.786 bits per heavy atom. The van der Waals surface area contributed by atoms with Crippen LogP contribution in [0.1, 0.15) is 47.2 Å². The third-order valence-electron chi connectivity index (χ3n) is 12.6. The standard InChI is InChI=1S/C59H52N4O2S2.2O.W/c1-37-27-45(62-47-15-7-11-19-53(47)66-54-20-12-8-16-48(54)62)28-38(2)57(37)41-23-25-43(51(64)31-41)33-60-35-59(5,6)36-61-34-44-26-24-42(32-52(44)65)58-39(3)29-46(30-40(58)4)63-49-17-9-13-21-55(49)67-56-22-14-10-18-50(56)63;;;/h7-34,64-65H,35-36H2,1-6H3;;;. The molecule has 10 rings (SSSR count). The molecule has 0 bridgehead atoms. The maximum atomic E-state index is 11.2. The van der Waals surface area contributed by atoms with Crippen LogP contribution in [-0.4, -0.2) is 35.7 Å². The van der Waals surface area contributed by atoms with Crippen molar-refractivity contribution in [2.45, 2.75) is 61.1 Å². The average molecular weight is 1130 g/mol. The molecular weight excluding hydrogens is 1080 g/mol. The molecule has 2 heterocycles. The fraction of sp³-hybridized carbons (Fsp3) is 0.153. The van der Waals surface area contributed by atoms with Gasteiger partial charge in [-0.3, -0.25) is 9.98 Å². The van der Waals surface area contributed by atoms with Crippen molar-refractivity contribution in [2.75, 3.05) is 22.9 Å². The monoisotopic (exact) mass is 1130 g/mol. The number of benzene rings is 8. The summed E-state index contributed by atoms with van der Waals surface area (Å²) in [6, 6.07) is 54.9. The van der Waals surface area contributed by atoms with Gasteiger partial charge >= 0.3 is 25.3 Å². The summed E-state index contributed by atoms with van der Waals surface area (Å²) in [4.78, 5) is 19.1. The first-order valence-electron chi connectivity index (χ1n) is 23.0. The van der Waals surface area contributed by atoms with Crippen LogP contribution in [0.15, 0.2) is 187 Å². The molecule has 0 aromatic heterocycles. The SMILES string of the molecule is Cc1cc(N2c3ccccc3Sc3ccccc32)cc(C)c1-c1ccc(C=NCC(C)(C)CN=Cc2ccc(-c3c(C)cc(N4c5ccccc5Sc5ccccc54)cc3C)cc2O)c(O)c1.[O]=[W]=[O]. The normalized spacial score (nSPS) is 12.8. The van der Waals surface area contributed by atoms with Crippen molar-refractivity contribution in [3.63, 3.8) is 0 Å². The number of aryl methyl sites for hydroxylation is 4. The number of aromatic hydroxyl groups is 2. The molecule has 0 spiro atoms. The van der Waals surface area contributed by atoms with E-state index in [-0.39, 0.29) is 16.9 Å². The molecule has 0 unspecified atom stereocenters. The quantitative estimate of drug-likeness (QED) is 0.131. The molecular formula is C59H52N4O4S2W. The molecule has 2 aliphatic rings. The number of phenolic OH excluding ortho intramolecular Hbond substituents is 2. The van der Waals surface area contributed by atoms with E-state index in [1.54, 1.807) is 12.4 Å². The van der Waals surface area contributed by atoms with Gasteiger partial charge in [-0.25, -0.2) is 0 Å². The molecule has 2 aliphatic heterocycles. The summed E-state index contributed by atoms with van der Waals surface area (Å²) in [6.45, 7) is 13.8. The average Bonchev–Trinajstić information content (AvgIpc) is 3.33. The van der Waals surface area contributed by atoms with Crippen molar-refractivity contribution in [3.05, 3.63) is 191 Å². The van der Waals surface area contributed by atoms with Gasteiger partial charge in [-0.15, -0.1) is 0 Å². The Morgan fingerprint density at radius 3 is 1.09 bits per heavy atom. The van der Waals surface area contributed by atoms with Gasteiger partial charge in [-0.2, -0.15) is 0 Å². The third-order valence-corrected chi connectivity index (χ3v) is 14.8. The van der Waals surface area contributed by atoms with Gasteiger partial charge in [-0.05, 0) is 169 Å². The predicted octanol–water partition coefficient (Wildman–Crippen LogP) is 15.9. The van der Waals surface area contributed by atoms with Gasteiger partial charge in [0.1, 0.15) is 11.5 Å². The Morgan fingerprint density at radius 1 is 0.486 bits per heavy atom. The predicted molar refractivity (Wildman–Crippen MR) is 284 cm³/mol. The summed E-state index contributed by atoms with van der Waals surface area (Å²) in [5.74, 6) is 0.377. The molecule has 0 aliphatic carbocycles. The molecule has 350 valence electrons. The number of anilines is 6. The zero-order valence-electron chi connectivity index (χ0n) is 39.8. The fourth-order valence-electron chi connectivity index (χ4n) is 9.46. The molecule has 0 amide bonds. The van der Waals surface area contributed by atoms with Crippen molar-refractivity contribution in [2.24, 2.45) is 15.4 Å². The van der Waals surface area contributed by atoms with E-state index >= 15 is 0 Å². The first-order valence-corrected chi connectivity index (χ1v) is 27.0. The van der Waals surface area contributed by atoms with Crippen LogP contribution in [0.5, 0.6) is 11.5 Å². The summed E-state index contributed by atoms with van der Waals surface area (Å²) < 4.78 is 17.1. The Bertz CT molecular complexity index is 3050. The Labute approximate surface area is 427 Å². The molecule has 70 heavy (non-hydrogen) atoms. The van der Waals surface area contributed by atoms with Crippen molar-refractivity contribution < 1.29 is 35.5 Å². The van der Waals surface area contributed by atoms with Crippen molar-refractivity contribution >= 4 is 70.1 Å². The zero-order valence-corrected chi connectivity index (χ0v) is 44.4. The van der Waals surface area contributed by atoms with Gasteiger partial charge in [-0.1, -0.05) is 98.0 Å². The molecule has 0 atom stereocenters. The summed E-state index contributed by atoms with van der Waals surface area (Å²) in [5, 5.41) is 22.5. The van der Waals surface area contributed by atoms with Crippen LogP contribution in [0.4, 0.5) is 34.1 Å². The van der Waals surface area contributed by atoms with Gasteiger partial charge in [0.05, 0.1) is 22.7 Å². The van der Waals surface area contributed by atoms with E-state index in [2.05, 4.69) is 185 Å². The Balaban J connectivity index is 0.00000198. The van der Waals surface area contributed by atoms with E-state index in [4.69, 9.17) is 16.8 Å². The molecule has 0 saturated carbocycles. The molecule has 0 fully saturated rings. The molecule has 8 aromatic rings. The number of fused-ring (bicyclic) bond motifs is 4. The van der Waals surface area contributed by atoms with Crippen LogP contribution >= 0.6 is 23.5 Å². The van der Waals surface area contributed by atoms with E-state index < -0.39 is 18.5 Å². The molecule has 8 nitrogen and oxygen atoms in total. The first-order chi connectivity index (χ1) is 33.8. The summed E-state index contributed by atoms with van der Waals surface area (Å²) >= 11 is 1.36. The molecule has 0 saturated heterocycles. The number of aliphatic imine (C=N–C) groups is 2. The molecule has 0 radical (unpaired) electrons. The second-order valence-electron chi connectivity index (χ2n) is 18.4. The number of phenols is 2. The van der Waals surface area contributed by atoms with Crippen LogP contribution < -0.4 is 9.80 Å². The number of para-hydroxylation sites is 4. The van der Waals surface area contributed by atoms with Gasteiger partial charge < -0.3 is 20.0 Å². The molecule has 11 heteroatoms. The third kappa shape index (κ3) is 10.00. The van der Waals surface area contributed by atoms with Gasteiger partial charge in [0.15, 0.2) is 0 Å². The van der Waals surface area contributed by atoms with Crippen LogP contribution in [0, 0.1) is 33.1 Å². The van der Waals surface area contributed by atoms with E-state index in [9.17, 15) is 10.2 Å². The minimum atomic E-state index is -2.25. The number of rotatable bonds is 10. The Hall–Kier alpha value is -6.71. The minimum absolute atomic E-state index is 0.189. The Kier molecular flexibility index (Phi) is 14.3. The van der Waals surface area contributed by atoms with Crippen LogP contribution in [0.3, 0.4) is 0 Å². The van der Waals surface area contributed by atoms with Crippen molar-refractivity contribution in [3.8, 4) is 33.8 Å². The van der Waals surface area contributed by atoms with Gasteiger partial charge in [0, 0.05) is 73.0 Å². The van der Waals surface area contributed by atoms with Crippen LogP contribution in [-0.2, 0) is 25.3 Å². The fourth-order valence-corrected chi connectivity index (χ4v) is 11.6. The number of hydrogen-bond donors (Lipinski definition) is 2.